The number of pyridine rings is 1. The molecule has 0 bridgehead atoms. The zero-order valence-corrected chi connectivity index (χ0v) is 10.5. The summed E-state index contributed by atoms with van der Waals surface area (Å²) >= 11 is 0. The van der Waals surface area contributed by atoms with E-state index in [1.807, 2.05) is 0 Å². The van der Waals surface area contributed by atoms with Crippen LogP contribution in [0.25, 0.3) is 0 Å². The van der Waals surface area contributed by atoms with E-state index in [-0.39, 0.29) is 22.9 Å². The lowest BCUT2D eigenvalue weighted by Crippen LogP contribution is -2.28. The van der Waals surface area contributed by atoms with Gasteiger partial charge in [0.1, 0.15) is 11.4 Å². The van der Waals surface area contributed by atoms with E-state index < -0.39 is 11.5 Å². The maximum absolute atomic E-state index is 11.9. The maximum atomic E-state index is 11.9. The quantitative estimate of drug-likeness (QED) is 0.842. The van der Waals surface area contributed by atoms with Crippen LogP contribution in [0.15, 0.2) is 16.9 Å². The van der Waals surface area contributed by atoms with Crippen LogP contribution in [0.2, 0.25) is 0 Å². The molecule has 0 amide bonds. The summed E-state index contributed by atoms with van der Waals surface area (Å²) in [6.45, 7) is 4.22. The molecule has 5 heteroatoms. The van der Waals surface area contributed by atoms with E-state index in [1.54, 1.807) is 0 Å². The number of aromatic hydroxyl groups is 1. The number of aromatic carboxylic acids is 1. The number of carboxylic acid groups (broad SMARTS) is 1. The molecule has 0 saturated heterocycles. The summed E-state index contributed by atoms with van der Waals surface area (Å²) in [4.78, 5) is 23.1. The van der Waals surface area contributed by atoms with Gasteiger partial charge in [-0.3, -0.25) is 9.36 Å². The van der Waals surface area contributed by atoms with Crippen molar-refractivity contribution in [1.82, 2.24) is 4.57 Å². The van der Waals surface area contributed by atoms with Gasteiger partial charge in [-0.05, 0) is 24.7 Å². The molecule has 18 heavy (non-hydrogen) atoms. The molecule has 0 spiro atoms. The highest BCUT2D eigenvalue weighted by molar-refractivity contribution is 5.86. The Hall–Kier alpha value is -1.78. The average molecular weight is 251 g/mol. The van der Waals surface area contributed by atoms with Crippen LogP contribution in [0.5, 0.6) is 5.75 Å². The zero-order valence-electron chi connectivity index (χ0n) is 10.5. The smallest absolute Gasteiger partial charge is 0.352 e. The maximum Gasteiger partial charge on any atom is 0.352 e. The average Bonchev–Trinajstić information content (AvgIpc) is 2.57. The van der Waals surface area contributed by atoms with E-state index in [0.717, 1.165) is 31.4 Å². The van der Waals surface area contributed by atoms with Crippen molar-refractivity contribution in [3.63, 3.8) is 0 Å². The van der Waals surface area contributed by atoms with Gasteiger partial charge in [0.05, 0.1) is 0 Å². The molecule has 2 rings (SSSR count). The number of carboxylic acids is 1. The Kier molecular flexibility index (Phi) is 2.92. The minimum Gasteiger partial charge on any atom is -0.508 e. The Morgan fingerprint density at radius 1 is 1.44 bits per heavy atom. The first kappa shape index (κ1) is 12.7. The highest BCUT2D eigenvalue weighted by Gasteiger charge is 2.34. The predicted octanol–water partition coefficient (Wildman–Crippen LogP) is 2.00. The zero-order chi connectivity index (χ0) is 13.5. The van der Waals surface area contributed by atoms with Gasteiger partial charge in [-0.15, -0.1) is 0 Å². The van der Waals surface area contributed by atoms with Crippen molar-refractivity contribution >= 4 is 5.97 Å². The van der Waals surface area contributed by atoms with Crippen LogP contribution < -0.4 is 5.56 Å². The first-order valence-corrected chi connectivity index (χ1v) is 5.99. The van der Waals surface area contributed by atoms with E-state index in [1.165, 1.54) is 4.57 Å². The number of rotatable bonds is 2. The molecule has 1 aromatic heterocycles. The molecule has 1 atom stereocenters. The normalized spacial score (nSPS) is 22.0. The molecule has 0 radical (unpaired) electrons. The molecule has 0 aromatic carbocycles. The highest BCUT2D eigenvalue weighted by Crippen LogP contribution is 2.43. The predicted molar refractivity (Wildman–Crippen MR) is 66.0 cm³/mol. The third-order valence-electron chi connectivity index (χ3n) is 3.58. The molecule has 1 aromatic rings. The lowest BCUT2D eigenvalue weighted by atomic mass is 9.92. The summed E-state index contributed by atoms with van der Waals surface area (Å²) in [5, 5.41) is 18.5. The first-order chi connectivity index (χ1) is 8.30. The number of aromatic nitrogens is 1. The van der Waals surface area contributed by atoms with Crippen molar-refractivity contribution in [2.45, 2.75) is 39.2 Å². The van der Waals surface area contributed by atoms with Crippen molar-refractivity contribution < 1.29 is 15.0 Å². The van der Waals surface area contributed by atoms with Gasteiger partial charge in [0.2, 0.25) is 0 Å². The van der Waals surface area contributed by atoms with Crippen LogP contribution in [-0.4, -0.2) is 20.7 Å². The topological polar surface area (TPSA) is 79.5 Å². The molecule has 1 aliphatic carbocycles. The molecular formula is C13H17NO4. The molecule has 98 valence electrons. The standard InChI is InChI=1S/C13H17NO4/c1-13(2)4-3-8(7-13)14-10(12(17)18)5-9(15)6-11(14)16/h5-6,8,15H,3-4,7H2,1-2H3,(H,17,18). The summed E-state index contributed by atoms with van der Waals surface area (Å²) in [5.41, 5.74) is -0.463. The van der Waals surface area contributed by atoms with Crippen LogP contribution in [0, 0.1) is 5.41 Å². The summed E-state index contributed by atoms with van der Waals surface area (Å²) < 4.78 is 1.30. The van der Waals surface area contributed by atoms with E-state index in [0.29, 0.717) is 0 Å². The van der Waals surface area contributed by atoms with Crippen molar-refractivity contribution in [2.24, 2.45) is 5.41 Å². The second kappa shape index (κ2) is 4.15. The van der Waals surface area contributed by atoms with Gasteiger partial charge in [-0.1, -0.05) is 13.8 Å². The summed E-state index contributed by atoms with van der Waals surface area (Å²) in [5.74, 6) is -1.49. The number of carbonyl (C=O) groups is 1. The summed E-state index contributed by atoms with van der Waals surface area (Å²) in [6, 6.07) is 2.10. The van der Waals surface area contributed by atoms with Gasteiger partial charge < -0.3 is 10.2 Å². The molecule has 2 N–H and O–H groups in total. The lowest BCUT2D eigenvalue weighted by Gasteiger charge is -2.20. The third kappa shape index (κ3) is 2.25. The molecule has 1 aliphatic rings. The molecular weight excluding hydrogens is 234 g/mol. The lowest BCUT2D eigenvalue weighted by molar-refractivity contribution is 0.0679. The number of hydrogen-bond donors (Lipinski definition) is 2. The van der Waals surface area contributed by atoms with E-state index in [2.05, 4.69) is 13.8 Å². The van der Waals surface area contributed by atoms with Crippen LogP contribution in [-0.2, 0) is 0 Å². The minimum absolute atomic E-state index is 0.0980. The molecule has 1 unspecified atom stereocenters. The minimum atomic E-state index is -1.19. The SMILES string of the molecule is CC1(C)CCC(n2c(C(=O)O)cc(O)cc2=O)C1. The second-order valence-corrected chi connectivity index (χ2v) is 5.67. The first-order valence-electron chi connectivity index (χ1n) is 5.99. The van der Waals surface area contributed by atoms with E-state index in [9.17, 15) is 14.7 Å². The fourth-order valence-corrected chi connectivity index (χ4v) is 2.73. The monoisotopic (exact) mass is 251 g/mol. The molecule has 1 fully saturated rings. The van der Waals surface area contributed by atoms with Crippen molar-refractivity contribution in [1.29, 1.82) is 0 Å². The van der Waals surface area contributed by atoms with Crippen LogP contribution >= 0.6 is 0 Å². The Morgan fingerprint density at radius 3 is 2.61 bits per heavy atom. The molecule has 5 nitrogen and oxygen atoms in total. The molecule has 0 aliphatic heterocycles. The molecule has 1 saturated carbocycles. The van der Waals surface area contributed by atoms with Gasteiger partial charge in [-0.2, -0.15) is 0 Å². The second-order valence-electron chi connectivity index (χ2n) is 5.67. The van der Waals surface area contributed by atoms with Gasteiger partial charge in [-0.25, -0.2) is 4.79 Å². The Labute approximate surface area is 105 Å². The van der Waals surface area contributed by atoms with Crippen LogP contribution in [0.3, 0.4) is 0 Å². The summed E-state index contributed by atoms with van der Waals surface area (Å²) in [7, 11) is 0. The van der Waals surface area contributed by atoms with E-state index >= 15 is 0 Å². The Bertz CT molecular complexity index is 544. The number of hydrogen-bond acceptors (Lipinski definition) is 3. The Morgan fingerprint density at radius 2 is 2.11 bits per heavy atom. The molecule has 1 heterocycles. The highest BCUT2D eigenvalue weighted by atomic mass is 16.4. The van der Waals surface area contributed by atoms with E-state index in [4.69, 9.17) is 5.11 Å². The largest absolute Gasteiger partial charge is 0.508 e. The van der Waals surface area contributed by atoms with Gasteiger partial charge in [0.15, 0.2) is 0 Å². The third-order valence-corrected chi connectivity index (χ3v) is 3.58. The number of nitrogens with zero attached hydrogens (tertiary/aromatic N) is 1. The summed E-state index contributed by atoms with van der Waals surface area (Å²) in [6.07, 6.45) is 2.53. The van der Waals surface area contributed by atoms with Crippen LogP contribution in [0.1, 0.15) is 49.6 Å². The fraction of sp³-hybridized carbons (Fsp3) is 0.538. The van der Waals surface area contributed by atoms with Crippen molar-refractivity contribution in [3.05, 3.63) is 28.2 Å². The fourth-order valence-electron chi connectivity index (χ4n) is 2.73. The van der Waals surface area contributed by atoms with Crippen molar-refractivity contribution in [3.8, 4) is 5.75 Å². The van der Waals surface area contributed by atoms with Gasteiger partial charge >= 0.3 is 5.97 Å². The Balaban J connectivity index is 2.51. The van der Waals surface area contributed by atoms with Crippen molar-refractivity contribution in [2.75, 3.05) is 0 Å². The van der Waals surface area contributed by atoms with Crippen LogP contribution in [0.4, 0.5) is 0 Å². The van der Waals surface area contributed by atoms with Gasteiger partial charge in [0, 0.05) is 18.2 Å². The van der Waals surface area contributed by atoms with Gasteiger partial charge in [0.25, 0.3) is 5.56 Å².